The smallest absolute Gasteiger partial charge is 0.192 e. The van der Waals surface area contributed by atoms with Crippen LogP contribution in [0, 0.1) is 0 Å². The molecular weight excluding hydrogens is 530 g/mol. The molecule has 5 nitrogen and oxygen atoms in total. The summed E-state index contributed by atoms with van der Waals surface area (Å²) < 4.78 is 25.8. The molecule has 1 aliphatic heterocycles. The van der Waals surface area contributed by atoms with Gasteiger partial charge in [0, 0.05) is 10.0 Å². The molecule has 1 heterocycles. The lowest BCUT2D eigenvalue weighted by molar-refractivity contribution is -0.0612. The summed E-state index contributed by atoms with van der Waals surface area (Å²) in [5, 5.41) is 3.55. The molecule has 2 aromatic carbocycles. The summed E-state index contributed by atoms with van der Waals surface area (Å²) in [7, 11) is -0.259. The Kier molecular flexibility index (Phi) is 9.34. The summed E-state index contributed by atoms with van der Waals surface area (Å²) in [6.45, 7) is 12.6. The van der Waals surface area contributed by atoms with E-state index in [9.17, 15) is 0 Å². The summed E-state index contributed by atoms with van der Waals surface area (Å²) in [6, 6.07) is 15.9. The molecule has 0 radical (unpaired) electrons. The first-order valence-corrected chi connectivity index (χ1v) is 15.7. The molecule has 186 valence electrons. The lowest BCUT2D eigenvalue weighted by atomic mass is 10.1. The van der Waals surface area contributed by atoms with Crippen molar-refractivity contribution in [2.24, 2.45) is 0 Å². The van der Waals surface area contributed by atoms with Crippen molar-refractivity contribution in [1.82, 2.24) is 5.32 Å². The first-order valence-electron chi connectivity index (χ1n) is 11.6. The van der Waals surface area contributed by atoms with E-state index >= 15 is 0 Å². The molecule has 8 heteroatoms. The van der Waals surface area contributed by atoms with Gasteiger partial charge in [0.25, 0.3) is 0 Å². The molecule has 3 unspecified atom stereocenters. The number of methoxy groups -OCH3 is 1. The minimum absolute atomic E-state index is 0.0836. The maximum Gasteiger partial charge on any atom is 0.192 e. The molecule has 1 fully saturated rings. The zero-order chi connectivity index (χ0) is 24.9. The minimum atomic E-state index is -1.92. The molecule has 1 saturated heterocycles. The van der Waals surface area contributed by atoms with Crippen LogP contribution in [-0.4, -0.2) is 45.3 Å². The second-order valence-electron chi connectivity index (χ2n) is 10.1. The lowest BCUT2D eigenvalue weighted by Crippen LogP contribution is -2.47. The van der Waals surface area contributed by atoms with Crippen LogP contribution in [-0.2, 0) is 27.1 Å². The highest BCUT2D eigenvalue weighted by Gasteiger charge is 2.44. The highest BCUT2D eigenvalue weighted by Crippen LogP contribution is 2.37. The molecule has 3 atom stereocenters. The van der Waals surface area contributed by atoms with Crippen LogP contribution in [0.3, 0.4) is 0 Å². The maximum atomic E-state index is 6.53. The molecule has 3 rings (SSSR count). The van der Waals surface area contributed by atoms with Crippen molar-refractivity contribution in [2.75, 3.05) is 13.7 Å². The number of hydrogen-bond donors (Lipinski definition) is 1. The van der Waals surface area contributed by atoms with Crippen LogP contribution in [0.2, 0.25) is 18.1 Å². The van der Waals surface area contributed by atoms with E-state index in [1.165, 1.54) is 0 Å². The van der Waals surface area contributed by atoms with Crippen molar-refractivity contribution in [3.05, 3.63) is 64.1 Å². The lowest BCUT2D eigenvalue weighted by Gasteiger charge is -2.37. The Morgan fingerprint density at radius 2 is 1.68 bits per heavy atom. The van der Waals surface area contributed by atoms with E-state index in [1.807, 2.05) is 36.4 Å². The number of para-hydroxylation sites is 1. The fraction of sp³-hybridized carbons (Fsp3) is 0.500. The summed E-state index contributed by atoms with van der Waals surface area (Å²) in [6.07, 6.45) is -0.640. The van der Waals surface area contributed by atoms with Gasteiger partial charge >= 0.3 is 0 Å². The highest BCUT2D eigenvalue weighted by atomic mass is 79.9. The number of nitrogens with one attached hydrogen (secondary N) is 1. The van der Waals surface area contributed by atoms with E-state index in [4.69, 9.17) is 30.9 Å². The van der Waals surface area contributed by atoms with E-state index in [2.05, 4.69) is 67.2 Å². The minimum Gasteiger partial charge on any atom is -0.496 e. The first kappa shape index (κ1) is 27.3. The van der Waals surface area contributed by atoms with Gasteiger partial charge in [-0.1, -0.05) is 79.3 Å². The Morgan fingerprint density at radius 3 is 2.32 bits per heavy atom. The average Bonchev–Trinajstić information content (AvgIpc) is 3.09. The van der Waals surface area contributed by atoms with Crippen molar-refractivity contribution in [1.29, 1.82) is 0 Å². The molecule has 0 saturated carbocycles. The van der Waals surface area contributed by atoms with Crippen molar-refractivity contribution in [2.45, 2.75) is 70.4 Å². The second kappa shape index (κ2) is 11.6. The molecule has 0 aromatic heterocycles. The Balaban J connectivity index is 1.75. The molecule has 2 aromatic rings. The quantitative estimate of drug-likeness (QED) is 0.271. The van der Waals surface area contributed by atoms with Crippen molar-refractivity contribution >= 4 is 41.5 Å². The van der Waals surface area contributed by atoms with Gasteiger partial charge in [-0.05, 0) is 41.9 Å². The number of halogens is 1. The van der Waals surface area contributed by atoms with Gasteiger partial charge in [0.15, 0.2) is 8.32 Å². The predicted molar refractivity (Wildman–Crippen MR) is 147 cm³/mol. The number of ether oxygens (including phenoxy) is 3. The Bertz CT molecular complexity index is 964. The predicted octanol–water partition coefficient (Wildman–Crippen LogP) is 6.25. The molecule has 0 amide bonds. The molecular formula is C26H36BrNO4SSi. The van der Waals surface area contributed by atoms with E-state index in [-0.39, 0.29) is 23.3 Å². The van der Waals surface area contributed by atoms with Gasteiger partial charge in [0.1, 0.15) is 22.9 Å². The fourth-order valence-electron chi connectivity index (χ4n) is 3.51. The summed E-state index contributed by atoms with van der Waals surface area (Å²) in [5.74, 6) is 0.796. The van der Waals surface area contributed by atoms with E-state index in [0.717, 1.165) is 21.3 Å². The van der Waals surface area contributed by atoms with Gasteiger partial charge in [-0.3, -0.25) is 0 Å². The van der Waals surface area contributed by atoms with E-state index in [0.29, 0.717) is 24.8 Å². The SMILES string of the molecule is COc1ccccc1COC1C(=S)NC(CO[Si](C)(C)C(C)(C)C)C1OCc1ccc(Br)cc1. The fourth-order valence-corrected chi connectivity index (χ4v) is 5.15. The van der Waals surface area contributed by atoms with Crippen molar-refractivity contribution in [3.8, 4) is 5.75 Å². The number of thiocarbonyl (C=S) groups is 1. The summed E-state index contributed by atoms with van der Waals surface area (Å²) in [4.78, 5) is 0.652. The van der Waals surface area contributed by atoms with Gasteiger partial charge < -0.3 is 24.0 Å². The number of hydrogen-bond acceptors (Lipinski definition) is 5. The van der Waals surface area contributed by atoms with Crippen LogP contribution in [0.4, 0.5) is 0 Å². The monoisotopic (exact) mass is 565 g/mol. The summed E-state index contributed by atoms with van der Waals surface area (Å²) in [5.41, 5.74) is 2.06. The highest BCUT2D eigenvalue weighted by molar-refractivity contribution is 9.10. The maximum absolute atomic E-state index is 6.53. The zero-order valence-electron chi connectivity index (χ0n) is 20.9. The second-order valence-corrected chi connectivity index (χ2v) is 16.3. The molecule has 1 N–H and O–H groups in total. The molecule has 0 spiro atoms. The van der Waals surface area contributed by atoms with Crippen LogP contribution in [0.25, 0.3) is 0 Å². The third-order valence-electron chi connectivity index (χ3n) is 6.68. The topological polar surface area (TPSA) is 49.0 Å². The van der Waals surface area contributed by atoms with Crippen LogP contribution in [0.15, 0.2) is 53.0 Å². The Labute approximate surface area is 218 Å². The van der Waals surface area contributed by atoms with Gasteiger partial charge in [0.2, 0.25) is 0 Å². The molecule has 0 bridgehead atoms. The number of rotatable bonds is 10. The largest absolute Gasteiger partial charge is 0.496 e. The van der Waals surface area contributed by atoms with Gasteiger partial charge in [-0.2, -0.15) is 0 Å². The van der Waals surface area contributed by atoms with Crippen molar-refractivity contribution in [3.63, 3.8) is 0 Å². The molecule has 34 heavy (non-hydrogen) atoms. The first-order chi connectivity index (χ1) is 16.0. The van der Waals surface area contributed by atoms with Crippen molar-refractivity contribution < 1.29 is 18.6 Å². The standard InChI is InChI=1S/C26H36BrNO4SSi/c1-26(2,3)34(5,6)32-17-21-23(30-15-18-11-13-20(27)14-12-18)24(25(33)28-21)31-16-19-9-7-8-10-22(19)29-4/h7-14,21,23-24H,15-17H2,1-6H3,(H,28,33). The van der Waals surface area contributed by atoms with Gasteiger partial charge in [0.05, 0.1) is 33.0 Å². The normalized spacial score (nSPS) is 20.9. The Hall–Kier alpha value is -1.29. The summed E-state index contributed by atoms with van der Waals surface area (Å²) >= 11 is 9.19. The number of benzene rings is 2. The van der Waals surface area contributed by atoms with E-state index in [1.54, 1.807) is 7.11 Å². The van der Waals surface area contributed by atoms with Crippen LogP contribution in [0.1, 0.15) is 31.9 Å². The van der Waals surface area contributed by atoms with Gasteiger partial charge in [-0.15, -0.1) is 0 Å². The van der Waals surface area contributed by atoms with Gasteiger partial charge in [-0.25, -0.2) is 0 Å². The molecule has 0 aliphatic carbocycles. The van der Waals surface area contributed by atoms with Crippen LogP contribution >= 0.6 is 28.1 Å². The molecule has 1 aliphatic rings. The van der Waals surface area contributed by atoms with E-state index < -0.39 is 8.32 Å². The third-order valence-corrected chi connectivity index (χ3v) is 12.1. The van der Waals surface area contributed by atoms with Crippen LogP contribution in [0.5, 0.6) is 5.75 Å². The zero-order valence-corrected chi connectivity index (χ0v) is 24.3. The Morgan fingerprint density at radius 1 is 1.00 bits per heavy atom. The average molecular weight is 567 g/mol. The third kappa shape index (κ3) is 6.89. The van der Waals surface area contributed by atoms with Crippen LogP contribution < -0.4 is 10.1 Å².